The van der Waals surface area contributed by atoms with Crippen molar-refractivity contribution in [2.45, 2.75) is 13.5 Å². The minimum atomic E-state index is -0.0945. The van der Waals surface area contributed by atoms with Crippen LogP contribution in [0.5, 0.6) is 11.5 Å². The summed E-state index contributed by atoms with van der Waals surface area (Å²) in [4.78, 5) is 0. The molecule has 96 valence electrons. The predicted octanol–water partition coefficient (Wildman–Crippen LogP) is 3.74. The van der Waals surface area contributed by atoms with Gasteiger partial charge in [-0.15, -0.1) is 0 Å². The highest BCUT2D eigenvalue weighted by Gasteiger charge is 2.10. The van der Waals surface area contributed by atoms with Gasteiger partial charge in [0.25, 0.3) is 0 Å². The van der Waals surface area contributed by atoms with Gasteiger partial charge in [0, 0.05) is 28.7 Å². The molecule has 0 fully saturated rings. The molecule has 0 saturated heterocycles. The number of hydrogen-bond donors (Lipinski definition) is 2. The van der Waals surface area contributed by atoms with Crippen molar-refractivity contribution < 1.29 is 10.2 Å². The van der Waals surface area contributed by atoms with Gasteiger partial charge in [0.15, 0.2) is 11.5 Å². The van der Waals surface area contributed by atoms with E-state index in [2.05, 4.69) is 29.7 Å². The second kappa shape index (κ2) is 4.35. The summed E-state index contributed by atoms with van der Waals surface area (Å²) in [5.74, 6) is -0.187. The van der Waals surface area contributed by atoms with E-state index in [1.54, 1.807) is 6.07 Å². The van der Waals surface area contributed by atoms with E-state index in [4.69, 9.17) is 0 Å². The van der Waals surface area contributed by atoms with E-state index < -0.39 is 0 Å². The van der Waals surface area contributed by atoms with Gasteiger partial charge in [-0.3, -0.25) is 0 Å². The second-order valence-electron chi connectivity index (χ2n) is 4.54. The molecular formula is C16H15NO2. The molecule has 0 spiro atoms. The van der Waals surface area contributed by atoms with Crippen LogP contribution in [0.4, 0.5) is 0 Å². The number of phenols is 2. The van der Waals surface area contributed by atoms with Crippen LogP contribution in [0.3, 0.4) is 0 Å². The number of benzene rings is 2. The molecular weight excluding hydrogens is 238 g/mol. The number of phenolic OH excluding ortho intramolecular Hbond substituents is 2. The lowest BCUT2D eigenvalue weighted by Gasteiger charge is -2.09. The van der Waals surface area contributed by atoms with E-state index in [1.165, 1.54) is 17.0 Å². The summed E-state index contributed by atoms with van der Waals surface area (Å²) >= 11 is 0. The Bertz CT molecular complexity index is 744. The average Bonchev–Trinajstić information content (AvgIpc) is 2.80. The third-order valence-electron chi connectivity index (χ3n) is 3.40. The monoisotopic (exact) mass is 253 g/mol. The highest BCUT2D eigenvalue weighted by molar-refractivity contribution is 5.87. The zero-order valence-electron chi connectivity index (χ0n) is 10.7. The molecule has 0 aliphatic rings. The Balaban J connectivity index is 2.26. The number of nitrogens with zero attached hydrogens (tertiary/aromatic N) is 1. The summed E-state index contributed by atoms with van der Waals surface area (Å²) in [5.41, 5.74) is 3.11. The molecule has 0 unspecified atom stereocenters. The first-order valence-electron chi connectivity index (χ1n) is 6.31. The number of para-hydroxylation sites is 1. The smallest absolute Gasteiger partial charge is 0.158 e. The van der Waals surface area contributed by atoms with Crippen LogP contribution in [0, 0.1) is 0 Å². The Labute approximate surface area is 111 Å². The third kappa shape index (κ3) is 1.83. The summed E-state index contributed by atoms with van der Waals surface area (Å²) in [6.07, 6.45) is 0. The molecule has 0 atom stereocenters. The van der Waals surface area contributed by atoms with E-state index in [1.807, 2.05) is 18.2 Å². The number of fused-ring (bicyclic) bond motifs is 1. The predicted molar refractivity (Wildman–Crippen MR) is 76.4 cm³/mol. The lowest BCUT2D eigenvalue weighted by atomic mass is 10.1. The van der Waals surface area contributed by atoms with Crippen molar-refractivity contribution in [3.8, 4) is 22.8 Å². The van der Waals surface area contributed by atoms with Crippen LogP contribution < -0.4 is 0 Å². The molecule has 0 radical (unpaired) electrons. The molecule has 19 heavy (non-hydrogen) atoms. The number of aromatic hydroxyl groups is 2. The van der Waals surface area contributed by atoms with Crippen molar-refractivity contribution in [1.82, 2.24) is 4.57 Å². The van der Waals surface area contributed by atoms with E-state index in [0.717, 1.165) is 17.8 Å². The van der Waals surface area contributed by atoms with Gasteiger partial charge in [-0.05, 0) is 37.3 Å². The zero-order valence-corrected chi connectivity index (χ0v) is 10.7. The van der Waals surface area contributed by atoms with E-state index in [0.29, 0.717) is 0 Å². The Kier molecular flexibility index (Phi) is 2.67. The molecule has 1 aromatic heterocycles. The quantitative estimate of drug-likeness (QED) is 0.683. The van der Waals surface area contributed by atoms with Gasteiger partial charge in [0.05, 0.1) is 0 Å². The Morgan fingerprint density at radius 2 is 1.74 bits per heavy atom. The first kappa shape index (κ1) is 11.7. The summed E-state index contributed by atoms with van der Waals surface area (Å²) in [7, 11) is 0. The van der Waals surface area contributed by atoms with Crippen LogP contribution in [-0.2, 0) is 6.54 Å². The average molecular weight is 253 g/mol. The molecule has 1 heterocycles. The summed E-state index contributed by atoms with van der Waals surface area (Å²) < 4.78 is 2.20. The molecule has 0 amide bonds. The fourth-order valence-electron chi connectivity index (χ4n) is 2.47. The molecule has 2 N–H and O–H groups in total. The topological polar surface area (TPSA) is 45.4 Å². The van der Waals surface area contributed by atoms with Crippen LogP contribution in [0.25, 0.3) is 22.2 Å². The molecule has 3 rings (SSSR count). The first-order valence-corrected chi connectivity index (χ1v) is 6.31. The fourth-order valence-corrected chi connectivity index (χ4v) is 2.47. The van der Waals surface area contributed by atoms with Crippen molar-refractivity contribution in [3.63, 3.8) is 0 Å². The number of aryl methyl sites for hydroxylation is 1. The fraction of sp³-hybridized carbons (Fsp3) is 0.125. The van der Waals surface area contributed by atoms with Gasteiger partial charge in [0.1, 0.15) is 0 Å². The molecule has 0 aliphatic carbocycles. The molecule has 0 saturated carbocycles. The van der Waals surface area contributed by atoms with Crippen molar-refractivity contribution in [2.75, 3.05) is 0 Å². The number of aromatic nitrogens is 1. The van der Waals surface area contributed by atoms with Crippen LogP contribution in [0.15, 0.2) is 48.5 Å². The minimum absolute atomic E-state index is 0.0922. The molecule has 3 aromatic rings. The van der Waals surface area contributed by atoms with Crippen molar-refractivity contribution >= 4 is 10.9 Å². The SMILES string of the molecule is CCn1c(-c2ccc(O)c(O)c2)cc2ccccc21. The van der Waals surface area contributed by atoms with Gasteiger partial charge in [0.2, 0.25) is 0 Å². The number of hydrogen-bond acceptors (Lipinski definition) is 2. The largest absolute Gasteiger partial charge is 0.504 e. The van der Waals surface area contributed by atoms with Crippen molar-refractivity contribution in [2.24, 2.45) is 0 Å². The minimum Gasteiger partial charge on any atom is -0.504 e. The van der Waals surface area contributed by atoms with Gasteiger partial charge in [-0.25, -0.2) is 0 Å². The van der Waals surface area contributed by atoms with E-state index >= 15 is 0 Å². The van der Waals surface area contributed by atoms with Crippen LogP contribution in [0.1, 0.15) is 6.92 Å². The summed E-state index contributed by atoms with van der Waals surface area (Å²) in [5, 5.41) is 20.2. The standard InChI is InChI=1S/C16H15NO2/c1-2-17-13-6-4-3-5-11(13)9-14(17)12-7-8-15(18)16(19)10-12/h3-10,18-19H,2H2,1H3. The molecule has 3 nitrogen and oxygen atoms in total. The summed E-state index contributed by atoms with van der Waals surface area (Å²) in [6, 6.07) is 15.2. The maximum atomic E-state index is 9.64. The van der Waals surface area contributed by atoms with Gasteiger partial charge in [-0.1, -0.05) is 18.2 Å². The molecule has 3 heteroatoms. The Hall–Kier alpha value is -2.42. The third-order valence-corrected chi connectivity index (χ3v) is 3.40. The normalized spacial score (nSPS) is 11.0. The Morgan fingerprint density at radius 1 is 0.947 bits per heavy atom. The first-order chi connectivity index (χ1) is 9.20. The van der Waals surface area contributed by atoms with Crippen molar-refractivity contribution in [1.29, 1.82) is 0 Å². The number of rotatable bonds is 2. The lowest BCUT2D eigenvalue weighted by molar-refractivity contribution is 0.404. The van der Waals surface area contributed by atoms with Gasteiger partial charge in [-0.2, -0.15) is 0 Å². The van der Waals surface area contributed by atoms with Gasteiger partial charge < -0.3 is 14.8 Å². The summed E-state index contributed by atoms with van der Waals surface area (Å²) in [6.45, 7) is 2.95. The highest BCUT2D eigenvalue weighted by atomic mass is 16.3. The van der Waals surface area contributed by atoms with E-state index in [9.17, 15) is 10.2 Å². The zero-order chi connectivity index (χ0) is 13.4. The Morgan fingerprint density at radius 3 is 2.47 bits per heavy atom. The molecule has 2 aromatic carbocycles. The molecule has 0 bridgehead atoms. The van der Waals surface area contributed by atoms with Crippen molar-refractivity contribution in [3.05, 3.63) is 48.5 Å². The second-order valence-corrected chi connectivity index (χ2v) is 4.54. The lowest BCUT2D eigenvalue weighted by Crippen LogP contribution is -1.96. The maximum absolute atomic E-state index is 9.64. The highest BCUT2D eigenvalue weighted by Crippen LogP contribution is 2.33. The van der Waals surface area contributed by atoms with Crippen LogP contribution in [-0.4, -0.2) is 14.8 Å². The maximum Gasteiger partial charge on any atom is 0.158 e. The molecule has 0 aliphatic heterocycles. The van der Waals surface area contributed by atoms with Crippen LogP contribution >= 0.6 is 0 Å². The van der Waals surface area contributed by atoms with Crippen LogP contribution in [0.2, 0.25) is 0 Å². The van der Waals surface area contributed by atoms with E-state index in [-0.39, 0.29) is 11.5 Å². The van der Waals surface area contributed by atoms with Gasteiger partial charge >= 0.3 is 0 Å².